The summed E-state index contributed by atoms with van der Waals surface area (Å²) in [4.78, 5) is 11.8. The standard InChI is InChI=1S/C17H26FNO2Si/c1-17(2,3)22(4,5)21-14-10-11-15(20)19-16(14)12-6-8-13(18)9-7-12/h6-9,14,16H,10-11H2,1-5H3,(H,19,20)/t14-,16+/m0/s1. The van der Waals surface area contributed by atoms with Crippen LogP contribution in [0.25, 0.3) is 0 Å². The lowest BCUT2D eigenvalue weighted by molar-refractivity contribution is -0.125. The molecule has 0 spiro atoms. The average molecular weight is 323 g/mol. The second-order valence-corrected chi connectivity index (χ2v) is 12.3. The lowest BCUT2D eigenvalue weighted by Crippen LogP contribution is -2.50. The Labute approximate surface area is 133 Å². The Hall–Kier alpha value is -1.20. The Morgan fingerprint density at radius 3 is 2.36 bits per heavy atom. The van der Waals surface area contributed by atoms with E-state index >= 15 is 0 Å². The normalized spacial score (nSPS) is 23.3. The van der Waals surface area contributed by atoms with Gasteiger partial charge in [-0.05, 0) is 42.2 Å². The zero-order valence-electron chi connectivity index (χ0n) is 14.1. The number of piperidine rings is 1. The topological polar surface area (TPSA) is 38.3 Å². The van der Waals surface area contributed by atoms with Gasteiger partial charge in [0.2, 0.25) is 5.91 Å². The van der Waals surface area contributed by atoms with Gasteiger partial charge < -0.3 is 9.74 Å². The molecule has 2 atom stereocenters. The number of carbonyl (C=O) groups is 1. The summed E-state index contributed by atoms with van der Waals surface area (Å²) in [5, 5.41) is 3.12. The molecule has 1 aromatic carbocycles. The van der Waals surface area contributed by atoms with Gasteiger partial charge in [-0.15, -0.1) is 0 Å². The first-order valence-electron chi connectivity index (χ1n) is 7.83. The van der Waals surface area contributed by atoms with Gasteiger partial charge in [0.25, 0.3) is 0 Å². The molecule has 1 N–H and O–H groups in total. The van der Waals surface area contributed by atoms with Crippen molar-refractivity contribution in [2.75, 3.05) is 0 Å². The highest BCUT2D eigenvalue weighted by molar-refractivity contribution is 6.74. The molecule has 0 bridgehead atoms. The van der Waals surface area contributed by atoms with Crippen molar-refractivity contribution in [1.82, 2.24) is 5.32 Å². The van der Waals surface area contributed by atoms with Gasteiger partial charge >= 0.3 is 0 Å². The first-order valence-corrected chi connectivity index (χ1v) is 10.7. The third kappa shape index (κ3) is 3.76. The molecule has 0 radical (unpaired) electrons. The van der Waals surface area contributed by atoms with Crippen molar-refractivity contribution in [3.05, 3.63) is 35.6 Å². The maximum absolute atomic E-state index is 13.1. The van der Waals surface area contributed by atoms with Crippen molar-refractivity contribution in [3.8, 4) is 0 Å². The van der Waals surface area contributed by atoms with Crippen LogP contribution in [0.4, 0.5) is 4.39 Å². The first-order chi connectivity index (χ1) is 10.1. The molecule has 1 aliphatic rings. The van der Waals surface area contributed by atoms with E-state index in [9.17, 15) is 9.18 Å². The summed E-state index contributed by atoms with van der Waals surface area (Å²) >= 11 is 0. The van der Waals surface area contributed by atoms with E-state index in [0.29, 0.717) is 12.8 Å². The Kier molecular flexibility index (Phi) is 4.78. The second kappa shape index (κ2) is 6.12. The molecule has 0 saturated carbocycles. The van der Waals surface area contributed by atoms with Crippen LogP contribution in [-0.4, -0.2) is 20.3 Å². The monoisotopic (exact) mass is 323 g/mol. The number of rotatable bonds is 3. The van der Waals surface area contributed by atoms with Crippen molar-refractivity contribution in [3.63, 3.8) is 0 Å². The summed E-state index contributed by atoms with van der Waals surface area (Å²) < 4.78 is 19.7. The van der Waals surface area contributed by atoms with Crippen molar-refractivity contribution in [2.24, 2.45) is 0 Å². The van der Waals surface area contributed by atoms with Gasteiger partial charge in [-0.25, -0.2) is 4.39 Å². The molecule has 5 heteroatoms. The maximum Gasteiger partial charge on any atom is 0.220 e. The fraction of sp³-hybridized carbons (Fsp3) is 0.588. The van der Waals surface area contributed by atoms with Crippen LogP contribution in [0, 0.1) is 5.82 Å². The van der Waals surface area contributed by atoms with E-state index in [0.717, 1.165) is 5.56 Å². The minimum absolute atomic E-state index is 0.0319. The highest BCUT2D eigenvalue weighted by Gasteiger charge is 2.42. The zero-order valence-corrected chi connectivity index (χ0v) is 15.1. The van der Waals surface area contributed by atoms with Crippen molar-refractivity contribution >= 4 is 14.2 Å². The molecular weight excluding hydrogens is 297 g/mol. The number of nitrogens with one attached hydrogen (secondary N) is 1. The quantitative estimate of drug-likeness (QED) is 0.848. The molecule has 2 rings (SSSR count). The number of carbonyl (C=O) groups excluding carboxylic acids is 1. The zero-order chi connectivity index (χ0) is 16.5. The molecule has 1 saturated heterocycles. The maximum atomic E-state index is 13.1. The van der Waals surface area contributed by atoms with Gasteiger partial charge in [0.05, 0.1) is 12.1 Å². The molecule has 0 unspecified atom stereocenters. The van der Waals surface area contributed by atoms with Crippen LogP contribution in [0.2, 0.25) is 18.1 Å². The number of hydrogen-bond acceptors (Lipinski definition) is 2. The fourth-order valence-electron chi connectivity index (χ4n) is 2.43. The predicted molar refractivity (Wildman–Crippen MR) is 88.6 cm³/mol. The summed E-state index contributed by atoms with van der Waals surface area (Å²) in [6, 6.07) is 6.12. The van der Waals surface area contributed by atoms with Crippen molar-refractivity contribution in [1.29, 1.82) is 0 Å². The van der Waals surface area contributed by atoms with E-state index in [1.165, 1.54) is 12.1 Å². The molecule has 1 heterocycles. The Morgan fingerprint density at radius 2 is 1.82 bits per heavy atom. The van der Waals surface area contributed by atoms with Gasteiger partial charge in [-0.1, -0.05) is 32.9 Å². The molecule has 0 aliphatic carbocycles. The van der Waals surface area contributed by atoms with E-state index in [2.05, 4.69) is 39.2 Å². The van der Waals surface area contributed by atoms with E-state index in [4.69, 9.17) is 4.43 Å². The fourth-order valence-corrected chi connectivity index (χ4v) is 3.79. The van der Waals surface area contributed by atoms with Crippen LogP contribution in [-0.2, 0) is 9.22 Å². The van der Waals surface area contributed by atoms with E-state index in [1.807, 2.05) is 0 Å². The molecule has 122 valence electrons. The highest BCUT2D eigenvalue weighted by atomic mass is 28.4. The Bertz CT molecular complexity index is 537. The summed E-state index contributed by atoms with van der Waals surface area (Å²) in [5.41, 5.74) is 0.901. The highest BCUT2D eigenvalue weighted by Crippen LogP contribution is 2.40. The Morgan fingerprint density at radius 1 is 1.23 bits per heavy atom. The van der Waals surface area contributed by atoms with Crippen LogP contribution in [0.3, 0.4) is 0 Å². The minimum atomic E-state index is -1.93. The number of benzene rings is 1. The van der Waals surface area contributed by atoms with Gasteiger partial charge in [0, 0.05) is 6.42 Å². The molecule has 1 aliphatic heterocycles. The van der Waals surface area contributed by atoms with Gasteiger partial charge in [-0.2, -0.15) is 0 Å². The summed E-state index contributed by atoms with van der Waals surface area (Å²) in [6.07, 6.45) is 1.14. The van der Waals surface area contributed by atoms with Crippen LogP contribution < -0.4 is 5.32 Å². The first kappa shape index (κ1) is 17.2. The van der Waals surface area contributed by atoms with Crippen molar-refractivity contribution < 1.29 is 13.6 Å². The number of halogens is 1. The van der Waals surface area contributed by atoms with Crippen LogP contribution in [0.5, 0.6) is 0 Å². The molecular formula is C17H26FNO2Si. The number of amides is 1. The average Bonchev–Trinajstić information content (AvgIpc) is 2.40. The molecule has 1 aromatic rings. The third-order valence-electron chi connectivity index (χ3n) is 4.83. The van der Waals surface area contributed by atoms with Gasteiger partial charge in [0.1, 0.15) is 5.82 Å². The van der Waals surface area contributed by atoms with E-state index in [-0.39, 0.29) is 28.9 Å². The minimum Gasteiger partial charge on any atom is -0.411 e. The van der Waals surface area contributed by atoms with E-state index in [1.54, 1.807) is 12.1 Å². The summed E-state index contributed by atoms with van der Waals surface area (Å²) in [7, 11) is -1.93. The lowest BCUT2D eigenvalue weighted by atomic mass is 9.94. The third-order valence-corrected chi connectivity index (χ3v) is 9.33. The smallest absolute Gasteiger partial charge is 0.220 e. The summed E-state index contributed by atoms with van der Waals surface area (Å²) in [6.45, 7) is 11.0. The SMILES string of the molecule is CC(C)(C)[Si](C)(C)O[C@H]1CCC(=O)N[C@@H]1c1ccc(F)cc1. The number of hydrogen-bond donors (Lipinski definition) is 1. The van der Waals surface area contributed by atoms with Gasteiger partial charge in [-0.3, -0.25) is 4.79 Å². The van der Waals surface area contributed by atoms with Gasteiger partial charge in [0.15, 0.2) is 8.32 Å². The molecule has 1 fully saturated rings. The lowest BCUT2D eigenvalue weighted by Gasteiger charge is -2.43. The Balaban J connectivity index is 2.24. The molecule has 3 nitrogen and oxygen atoms in total. The molecule has 22 heavy (non-hydrogen) atoms. The van der Waals surface area contributed by atoms with Crippen LogP contribution in [0.1, 0.15) is 45.2 Å². The predicted octanol–water partition coefficient (Wildman–Crippen LogP) is 4.17. The largest absolute Gasteiger partial charge is 0.411 e. The second-order valence-electron chi connectivity index (χ2n) is 7.55. The molecule has 1 amide bonds. The molecule has 0 aromatic heterocycles. The van der Waals surface area contributed by atoms with E-state index < -0.39 is 8.32 Å². The van der Waals surface area contributed by atoms with Crippen LogP contribution in [0.15, 0.2) is 24.3 Å². The van der Waals surface area contributed by atoms with Crippen LogP contribution >= 0.6 is 0 Å². The summed E-state index contributed by atoms with van der Waals surface area (Å²) in [5.74, 6) is -0.239. The van der Waals surface area contributed by atoms with Crippen molar-refractivity contribution in [2.45, 2.75) is 63.9 Å².